The zero-order chi connectivity index (χ0) is 11.8. The van der Waals surface area contributed by atoms with Gasteiger partial charge in [0.25, 0.3) is 0 Å². The van der Waals surface area contributed by atoms with Crippen LogP contribution in [0.4, 0.5) is 0 Å². The van der Waals surface area contributed by atoms with Crippen LogP contribution in [0.15, 0.2) is 12.4 Å². The first-order valence-electron chi connectivity index (χ1n) is 5.87. The second-order valence-electron chi connectivity index (χ2n) is 3.65. The fourth-order valence-corrected chi connectivity index (χ4v) is 1.58. The van der Waals surface area contributed by atoms with Crippen LogP contribution >= 0.6 is 0 Å². The molecule has 16 heavy (non-hydrogen) atoms. The molecule has 1 heterocycles. The summed E-state index contributed by atoms with van der Waals surface area (Å²) >= 11 is 0. The zero-order valence-electron chi connectivity index (χ0n) is 10.1. The lowest BCUT2D eigenvalue weighted by Crippen LogP contribution is -2.10. The molecule has 1 aromatic rings. The van der Waals surface area contributed by atoms with Crippen LogP contribution in [-0.2, 0) is 22.5 Å². The number of rotatable bonds is 8. The van der Waals surface area contributed by atoms with Gasteiger partial charge in [0, 0.05) is 38.6 Å². The highest BCUT2D eigenvalue weighted by Crippen LogP contribution is 2.02. The molecular formula is C12H20N2O2. The van der Waals surface area contributed by atoms with E-state index < -0.39 is 0 Å². The summed E-state index contributed by atoms with van der Waals surface area (Å²) in [4.78, 5) is 15.8. The van der Waals surface area contributed by atoms with Gasteiger partial charge in [-0.2, -0.15) is 0 Å². The monoisotopic (exact) mass is 224 g/mol. The first kappa shape index (κ1) is 12.9. The van der Waals surface area contributed by atoms with Gasteiger partial charge < -0.3 is 9.30 Å². The SMILES string of the molecule is CCOCCCC(=O)Cc1nccn1CC. The van der Waals surface area contributed by atoms with Gasteiger partial charge in [0.05, 0.1) is 6.42 Å². The Morgan fingerprint density at radius 1 is 1.50 bits per heavy atom. The lowest BCUT2D eigenvalue weighted by molar-refractivity contribution is -0.118. The zero-order valence-corrected chi connectivity index (χ0v) is 10.1. The quantitative estimate of drug-likeness (QED) is 0.633. The van der Waals surface area contributed by atoms with Crippen LogP contribution in [0.25, 0.3) is 0 Å². The summed E-state index contributed by atoms with van der Waals surface area (Å²) < 4.78 is 7.19. The Morgan fingerprint density at radius 3 is 3.00 bits per heavy atom. The average Bonchev–Trinajstić information content (AvgIpc) is 2.71. The van der Waals surface area contributed by atoms with E-state index in [4.69, 9.17) is 4.74 Å². The van der Waals surface area contributed by atoms with Gasteiger partial charge in [0.15, 0.2) is 0 Å². The van der Waals surface area contributed by atoms with Crippen LogP contribution in [0.1, 0.15) is 32.5 Å². The van der Waals surface area contributed by atoms with Crippen LogP contribution in [0.2, 0.25) is 0 Å². The maximum atomic E-state index is 11.6. The van der Waals surface area contributed by atoms with E-state index in [1.807, 2.05) is 24.6 Å². The van der Waals surface area contributed by atoms with Gasteiger partial charge in [0.2, 0.25) is 0 Å². The van der Waals surface area contributed by atoms with Crippen molar-refractivity contribution in [3.05, 3.63) is 18.2 Å². The fraction of sp³-hybridized carbons (Fsp3) is 0.667. The number of carbonyl (C=O) groups is 1. The van der Waals surface area contributed by atoms with E-state index in [1.165, 1.54) is 0 Å². The van der Waals surface area contributed by atoms with Crippen LogP contribution in [0.3, 0.4) is 0 Å². The maximum absolute atomic E-state index is 11.6. The predicted molar refractivity (Wildman–Crippen MR) is 62.3 cm³/mol. The van der Waals surface area contributed by atoms with Gasteiger partial charge in [-0.1, -0.05) is 0 Å². The van der Waals surface area contributed by atoms with Crippen molar-refractivity contribution in [1.29, 1.82) is 0 Å². The third kappa shape index (κ3) is 4.14. The normalized spacial score (nSPS) is 10.6. The summed E-state index contributed by atoms with van der Waals surface area (Å²) in [6.07, 6.45) is 5.47. The molecule has 1 aromatic heterocycles. The summed E-state index contributed by atoms with van der Waals surface area (Å²) in [5, 5.41) is 0. The van der Waals surface area contributed by atoms with Crippen LogP contribution < -0.4 is 0 Å². The standard InChI is InChI=1S/C12H20N2O2/c1-3-14-8-7-13-12(14)10-11(15)6-5-9-16-4-2/h7-8H,3-6,9-10H2,1-2H3. The second kappa shape index (κ2) is 7.17. The number of hydrogen-bond donors (Lipinski definition) is 0. The molecule has 0 radical (unpaired) electrons. The summed E-state index contributed by atoms with van der Waals surface area (Å²) in [5.74, 6) is 1.10. The number of carbonyl (C=O) groups excluding carboxylic acids is 1. The molecule has 0 N–H and O–H groups in total. The third-order valence-corrected chi connectivity index (χ3v) is 2.45. The molecule has 4 heteroatoms. The molecule has 0 aliphatic carbocycles. The smallest absolute Gasteiger partial charge is 0.140 e. The number of Topliss-reactive ketones (excluding diaryl/α,β-unsaturated/α-hetero) is 1. The molecule has 0 aliphatic rings. The van der Waals surface area contributed by atoms with Crippen molar-refractivity contribution < 1.29 is 9.53 Å². The van der Waals surface area contributed by atoms with Gasteiger partial charge in [-0.3, -0.25) is 4.79 Å². The maximum Gasteiger partial charge on any atom is 0.140 e. The van der Waals surface area contributed by atoms with E-state index in [0.29, 0.717) is 26.1 Å². The Balaban J connectivity index is 2.28. The first-order valence-corrected chi connectivity index (χ1v) is 5.87. The lowest BCUT2D eigenvalue weighted by Gasteiger charge is -2.04. The number of hydrogen-bond acceptors (Lipinski definition) is 3. The molecule has 4 nitrogen and oxygen atoms in total. The molecule has 0 spiro atoms. The molecule has 90 valence electrons. The number of ketones is 1. The number of nitrogens with zero attached hydrogens (tertiary/aromatic N) is 2. The van der Waals surface area contributed by atoms with Crippen LogP contribution in [-0.4, -0.2) is 28.5 Å². The average molecular weight is 224 g/mol. The molecule has 0 bridgehead atoms. The van der Waals surface area contributed by atoms with E-state index in [2.05, 4.69) is 4.98 Å². The topological polar surface area (TPSA) is 44.1 Å². The molecule has 0 saturated heterocycles. The van der Waals surface area contributed by atoms with Crippen molar-refractivity contribution in [2.75, 3.05) is 13.2 Å². The van der Waals surface area contributed by atoms with E-state index in [-0.39, 0.29) is 5.78 Å². The van der Waals surface area contributed by atoms with Crippen molar-refractivity contribution in [3.8, 4) is 0 Å². The Morgan fingerprint density at radius 2 is 2.31 bits per heavy atom. The summed E-state index contributed by atoms with van der Waals surface area (Å²) in [7, 11) is 0. The van der Waals surface area contributed by atoms with E-state index in [9.17, 15) is 4.79 Å². The Bertz CT molecular complexity index is 321. The molecule has 0 amide bonds. The highest BCUT2D eigenvalue weighted by molar-refractivity contribution is 5.80. The van der Waals surface area contributed by atoms with Gasteiger partial charge in [-0.25, -0.2) is 4.98 Å². The molecule has 0 saturated carbocycles. The molecule has 0 unspecified atom stereocenters. The van der Waals surface area contributed by atoms with Crippen molar-refractivity contribution in [2.45, 2.75) is 39.7 Å². The minimum Gasteiger partial charge on any atom is -0.382 e. The molecule has 0 atom stereocenters. The number of ether oxygens (including phenoxy) is 1. The Labute approximate surface area is 96.6 Å². The van der Waals surface area contributed by atoms with Crippen LogP contribution in [0, 0.1) is 0 Å². The van der Waals surface area contributed by atoms with E-state index in [1.54, 1.807) is 6.20 Å². The molecule has 0 aromatic carbocycles. The van der Waals surface area contributed by atoms with Crippen molar-refractivity contribution in [3.63, 3.8) is 0 Å². The summed E-state index contributed by atoms with van der Waals surface area (Å²) in [6.45, 7) is 6.26. The van der Waals surface area contributed by atoms with Gasteiger partial charge in [-0.05, 0) is 20.3 Å². The fourth-order valence-electron chi connectivity index (χ4n) is 1.58. The molecule has 1 rings (SSSR count). The number of aryl methyl sites for hydroxylation is 1. The van der Waals surface area contributed by atoms with Gasteiger partial charge in [0.1, 0.15) is 11.6 Å². The number of imidazole rings is 1. The predicted octanol–water partition coefficient (Wildman–Crippen LogP) is 1.83. The Kier molecular flexibility index (Phi) is 5.78. The minimum absolute atomic E-state index is 0.237. The third-order valence-electron chi connectivity index (χ3n) is 2.45. The van der Waals surface area contributed by atoms with E-state index >= 15 is 0 Å². The van der Waals surface area contributed by atoms with E-state index in [0.717, 1.165) is 18.8 Å². The first-order chi connectivity index (χ1) is 7.77. The summed E-state index contributed by atoms with van der Waals surface area (Å²) in [6, 6.07) is 0. The largest absolute Gasteiger partial charge is 0.382 e. The minimum atomic E-state index is 0.237. The van der Waals surface area contributed by atoms with Crippen molar-refractivity contribution in [2.24, 2.45) is 0 Å². The van der Waals surface area contributed by atoms with Gasteiger partial charge in [-0.15, -0.1) is 0 Å². The Hall–Kier alpha value is -1.16. The van der Waals surface area contributed by atoms with Crippen molar-refractivity contribution >= 4 is 5.78 Å². The molecule has 0 fully saturated rings. The molecule has 0 aliphatic heterocycles. The number of aromatic nitrogens is 2. The second-order valence-corrected chi connectivity index (χ2v) is 3.65. The highest BCUT2D eigenvalue weighted by atomic mass is 16.5. The lowest BCUT2D eigenvalue weighted by atomic mass is 10.1. The van der Waals surface area contributed by atoms with Crippen LogP contribution in [0.5, 0.6) is 0 Å². The van der Waals surface area contributed by atoms with Crippen molar-refractivity contribution in [1.82, 2.24) is 9.55 Å². The summed E-state index contributed by atoms with van der Waals surface area (Å²) in [5.41, 5.74) is 0. The molecular weight excluding hydrogens is 204 g/mol. The highest BCUT2D eigenvalue weighted by Gasteiger charge is 2.07. The van der Waals surface area contributed by atoms with Gasteiger partial charge >= 0.3 is 0 Å².